The van der Waals surface area contributed by atoms with Gasteiger partial charge in [0.15, 0.2) is 0 Å². The average Bonchev–Trinajstić information content (AvgIpc) is 2.41. The Morgan fingerprint density at radius 3 is 2.86 bits per heavy atom. The minimum absolute atomic E-state index is 0.117. The quantitative estimate of drug-likeness (QED) is 0.255. The summed E-state index contributed by atoms with van der Waals surface area (Å²) in [5.74, 6) is -1.08. The number of halogens is 1. The van der Waals surface area contributed by atoms with Crippen LogP contribution in [-0.4, -0.2) is 37.9 Å². The monoisotopic (exact) mass is 337 g/mol. The molecule has 1 amide bonds. The molecule has 0 bridgehead atoms. The van der Waals surface area contributed by atoms with Crippen molar-refractivity contribution in [2.45, 2.75) is 13.5 Å². The van der Waals surface area contributed by atoms with Gasteiger partial charge in [-0.3, -0.25) is 14.3 Å². The first-order valence-electron chi connectivity index (χ1n) is 5.50. The molecule has 0 unspecified atom stereocenters. The van der Waals surface area contributed by atoms with E-state index in [9.17, 15) is 14.5 Å². The number of carbonyl (C=O) groups excluding carboxylic acids is 1. The molecule has 1 heterocycles. The van der Waals surface area contributed by atoms with Crippen molar-refractivity contribution in [3.8, 4) is 5.75 Å². The van der Waals surface area contributed by atoms with Crippen molar-refractivity contribution in [3.63, 3.8) is 0 Å². The van der Waals surface area contributed by atoms with Crippen molar-refractivity contribution in [1.82, 2.24) is 10.4 Å². The number of alkyl halides is 1. The SMILES string of the molecule is Cc1ncc(COP(=O)(O)O)c(/C=N\NC(=O)CCl)c1O. The molecule has 0 aliphatic heterocycles. The van der Waals surface area contributed by atoms with E-state index in [1.165, 1.54) is 13.1 Å². The summed E-state index contributed by atoms with van der Waals surface area (Å²) in [5.41, 5.74) is 2.68. The van der Waals surface area contributed by atoms with Crippen LogP contribution in [0.2, 0.25) is 0 Å². The zero-order chi connectivity index (χ0) is 16.0. The lowest BCUT2D eigenvalue weighted by Gasteiger charge is -2.10. The number of phosphoric acid groups is 1. The maximum atomic E-state index is 10.9. The van der Waals surface area contributed by atoms with Gasteiger partial charge in [-0.25, -0.2) is 9.99 Å². The van der Waals surface area contributed by atoms with Gasteiger partial charge in [-0.1, -0.05) is 0 Å². The number of hydrazone groups is 1. The number of nitrogens with zero attached hydrogens (tertiary/aromatic N) is 2. The Bertz CT molecular complexity index is 603. The summed E-state index contributed by atoms with van der Waals surface area (Å²) in [6.07, 6.45) is 2.38. The third kappa shape index (κ3) is 5.78. The van der Waals surface area contributed by atoms with E-state index in [-0.39, 0.29) is 28.5 Å². The molecule has 0 spiro atoms. The smallest absolute Gasteiger partial charge is 0.469 e. The lowest BCUT2D eigenvalue weighted by atomic mass is 10.1. The van der Waals surface area contributed by atoms with Crippen LogP contribution in [0.5, 0.6) is 5.75 Å². The van der Waals surface area contributed by atoms with Crippen molar-refractivity contribution in [2.75, 3.05) is 5.88 Å². The first-order valence-corrected chi connectivity index (χ1v) is 7.56. The van der Waals surface area contributed by atoms with Crippen molar-refractivity contribution < 1.29 is 28.8 Å². The Morgan fingerprint density at radius 1 is 1.62 bits per heavy atom. The number of nitrogens with one attached hydrogen (secondary N) is 1. The van der Waals surface area contributed by atoms with Crippen LogP contribution < -0.4 is 5.43 Å². The van der Waals surface area contributed by atoms with Crippen LogP contribution in [0.15, 0.2) is 11.3 Å². The summed E-state index contributed by atoms with van der Waals surface area (Å²) in [4.78, 5) is 32.1. The summed E-state index contributed by atoms with van der Waals surface area (Å²) in [5, 5.41) is 13.5. The van der Waals surface area contributed by atoms with Crippen molar-refractivity contribution in [2.24, 2.45) is 5.10 Å². The summed E-state index contributed by atoms with van der Waals surface area (Å²) in [6.45, 7) is 1.04. The molecule has 21 heavy (non-hydrogen) atoms. The maximum Gasteiger partial charge on any atom is 0.469 e. The number of aromatic hydroxyl groups is 1. The molecular formula is C10H13ClN3O6P. The predicted molar refractivity (Wildman–Crippen MR) is 73.9 cm³/mol. The van der Waals surface area contributed by atoms with Crippen LogP contribution in [0.25, 0.3) is 0 Å². The summed E-state index contributed by atoms with van der Waals surface area (Å²) in [6, 6.07) is 0. The third-order valence-electron chi connectivity index (χ3n) is 2.25. The topological polar surface area (TPSA) is 141 Å². The number of pyridine rings is 1. The van der Waals surface area contributed by atoms with Gasteiger partial charge in [0.1, 0.15) is 11.6 Å². The molecule has 1 aromatic heterocycles. The fourth-order valence-electron chi connectivity index (χ4n) is 1.26. The fourth-order valence-corrected chi connectivity index (χ4v) is 1.63. The fraction of sp³-hybridized carbons (Fsp3) is 0.300. The molecule has 11 heteroatoms. The lowest BCUT2D eigenvalue weighted by Crippen LogP contribution is -2.18. The Kier molecular flexibility index (Phi) is 6.25. The Hall–Kier alpha value is -1.51. The Labute approximate surface area is 124 Å². The number of aryl methyl sites for hydroxylation is 1. The van der Waals surface area contributed by atoms with Gasteiger partial charge in [-0.2, -0.15) is 5.10 Å². The highest BCUT2D eigenvalue weighted by atomic mass is 35.5. The van der Waals surface area contributed by atoms with E-state index in [0.29, 0.717) is 0 Å². The predicted octanol–water partition coefficient (Wildman–Crippen LogP) is 0.394. The van der Waals surface area contributed by atoms with Crippen LogP contribution in [0.3, 0.4) is 0 Å². The van der Waals surface area contributed by atoms with Gasteiger partial charge in [-0.15, -0.1) is 11.6 Å². The number of carbonyl (C=O) groups is 1. The Balaban J connectivity index is 3.00. The molecule has 0 saturated carbocycles. The molecule has 0 aliphatic carbocycles. The van der Waals surface area contributed by atoms with E-state index < -0.39 is 20.3 Å². The molecular weight excluding hydrogens is 325 g/mol. The Morgan fingerprint density at radius 2 is 2.29 bits per heavy atom. The van der Waals surface area contributed by atoms with E-state index >= 15 is 0 Å². The minimum atomic E-state index is -4.67. The van der Waals surface area contributed by atoms with Crippen LogP contribution in [-0.2, 0) is 20.5 Å². The second-order valence-electron chi connectivity index (χ2n) is 3.82. The maximum absolute atomic E-state index is 10.9. The standard InChI is InChI=1S/C10H13ClN3O6P/c1-6-10(16)8(4-13-14-9(15)2-11)7(3-12-6)5-20-21(17,18)19/h3-4,16H,2,5H2,1H3,(H,14,15)(H2,17,18,19)/b13-4-. The summed E-state index contributed by atoms with van der Waals surface area (Å²) < 4.78 is 15.0. The normalized spacial score (nSPS) is 11.8. The van der Waals surface area contributed by atoms with Crippen molar-refractivity contribution in [1.29, 1.82) is 0 Å². The molecule has 1 rings (SSSR count). The second kappa shape index (κ2) is 7.48. The molecule has 0 fully saturated rings. The van der Waals surface area contributed by atoms with Crippen LogP contribution in [0.1, 0.15) is 16.8 Å². The van der Waals surface area contributed by atoms with Gasteiger partial charge in [-0.05, 0) is 6.92 Å². The highest BCUT2D eigenvalue weighted by Gasteiger charge is 2.17. The first-order chi connectivity index (χ1) is 9.74. The lowest BCUT2D eigenvalue weighted by molar-refractivity contribution is -0.118. The van der Waals surface area contributed by atoms with Gasteiger partial charge in [0.05, 0.1) is 18.5 Å². The third-order valence-corrected chi connectivity index (χ3v) is 2.96. The molecule has 0 radical (unpaired) electrons. The van der Waals surface area contributed by atoms with E-state index in [2.05, 4.69) is 20.0 Å². The van der Waals surface area contributed by atoms with Crippen molar-refractivity contribution >= 4 is 31.5 Å². The van der Waals surface area contributed by atoms with Gasteiger partial charge in [0, 0.05) is 17.3 Å². The van der Waals surface area contributed by atoms with Crippen LogP contribution in [0, 0.1) is 6.92 Å². The van der Waals surface area contributed by atoms with Gasteiger partial charge < -0.3 is 14.9 Å². The van der Waals surface area contributed by atoms with Crippen LogP contribution >= 0.6 is 19.4 Å². The molecule has 1 aromatic rings. The number of phosphoric ester groups is 1. The number of hydrogen-bond donors (Lipinski definition) is 4. The number of hydrogen-bond acceptors (Lipinski definition) is 6. The number of aromatic nitrogens is 1. The van der Waals surface area contributed by atoms with Gasteiger partial charge >= 0.3 is 7.82 Å². The van der Waals surface area contributed by atoms with Crippen molar-refractivity contribution in [3.05, 3.63) is 23.0 Å². The number of rotatable bonds is 6. The molecule has 0 atom stereocenters. The number of amides is 1. The molecule has 116 valence electrons. The average molecular weight is 338 g/mol. The van der Waals surface area contributed by atoms with E-state index in [4.69, 9.17) is 21.4 Å². The first kappa shape index (κ1) is 17.5. The zero-order valence-corrected chi connectivity index (χ0v) is 12.5. The molecule has 0 aliphatic rings. The summed E-state index contributed by atoms with van der Waals surface area (Å²) >= 11 is 5.27. The van der Waals surface area contributed by atoms with Gasteiger partial charge in [0.2, 0.25) is 0 Å². The van der Waals surface area contributed by atoms with Crippen LogP contribution in [0.4, 0.5) is 0 Å². The summed E-state index contributed by atoms with van der Waals surface area (Å²) in [7, 11) is -4.67. The minimum Gasteiger partial charge on any atom is -0.505 e. The molecule has 0 saturated heterocycles. The van der Waals surface area contributed by atoms with Gasteiger partial charge in [0.25, 0.3) is 5.91 Å². The second-order valence-corrected chi connectivity index (χ2v) is 5.33. The van der Waals surface area contributed by atoms with E-state index in [1.54, 1.807) is 0 Å². The van der Waals surface area contributed by atoms with E-state index in [0.717, 1.165) is 6.21 Å². The molecule has 9 nitrogen and oxygen atoms in total. The largest absolute Gasteiger partial charge is 0.505 e. The zero-order valence-electron chi connectivity index (χ0n) is 10.9. The highest BCUT2D eigenvalue weighted by Crippen LogP contribution is 2.37. The van der Waals surface area contributed by atoms with E-state index in [1.807, 2.05) is 0 Å². The molecule has 4 N–H and O–H groups in total. The molecule has 0 aromatic carbocycles. The highest BCUT2D eigenvalue weighted by molar-refractivity contribution is 7.46.